The van der Waals surface area contributed by atoms with Gasteiger partial charge in [0.2, 0.25) is 0 Å². The fourth-order valence-corrected chi connectivity index (χ4v) is 1.76. The summed E-state index contributed by atoms with van der Waals surface area (Å²) in [7, 11) is 0. The van der Waals surface area contributed by atoms with E-state index in [2.05, 4.69) is 15.3 Å². The third kappa shape index (κ3) is 9.95. The maximum atomic E-state index is 11.0. The number of ether oxygens (including phenoxy) is 2. The van der Waals surface area contributed by atoms with E-state index < -0.39 is 6.09 Å². The van der Waals surface area contributed by atoms with Crippen LogP contribution in [0.3, 0.4) is 0 Å². The van der Waals surface area contributed by atoms with Gasteiger partial charge in [0.25, 0.3) is 0 Å². The molecule has 0 saturated carbocycles. The Morgan fingerprint density at radius 3 is 2.50 bits per heavy atom. The van der Waals surface area contributed by atoms with Crippen molar-refractivity contribution >= 4 is 29.5 Å². The van der Waals surface area contributed by atoms with Crippen LogP contribution in [0.4, 0.5) is 4.79 Å². The monoisotopic (exact) mass is 276 g/mol. The van der Waals surface area contributed by atoms with Gasteiger partial charge in [-0.25, -0.2) is 10.2 Å². The molecule has 0 aliphatic heterocycles. The van der Waals surface area contributed by atoms with Gasteiger partial charge in [0, 0.05) is 17.2 Å². The van der Waals surface area contributed by atoms with Gasteiger partial charge in [-0.15, -0.1) is 0 Å². The predicted molar refractivity (Wildman–Crippen MR) is 71.8 cm³/mol. The quantitative estimate of drug-likeness (QED) is 0.316. The lowest BCUT2D eigenvalue weighted by atomic mass is 10.5. The van der Waals surface area contributed by atoms with Crippen LogP contribution in [0.1, 0.15) is 27.2 Å². The smallest absolute Gasteiger partial charge is 0.427 e. The maximum Gasteiger partial charge on any atom is 0.427 e. The van der Waals surface area contributed by atoms with Crippen LogP contribution in [0.5, 0.6) is 0 Å². The van der Waals surface area contributed by atoms with Crippen molar-refractivity contribution in [2.75, 3.05) is 24.7 Å². The Morgan fingerprint density at radius 2 is 1.89 bits per heavy atom. The number of hydrazone groups is 1. The molecule has 0 aliphatic carbocycles. The average Bonchev–Trinajstić information content (AvgIpc) is 2.33. The second-order valence-electron chi connectivity index (χ2n) is 3.29. The summed E-state index contributed by atoms with van der Waals surface area (Å²) in [5, 5.41) is 3.85. The molecule has 0 radical (unpaired) electrons. The number of carbonyl (C=O) groups is 2. The Labute approximate surface area is 111 Å². The molecule has 0 bridgehead atoms. The molecule has 0 unspecified atom stereocenters. The summed E-state index contributed by atoms with van der Waals surface area (Å²) < 4.78 is 9.45. The Balaban J connectivity index is 3.63. The molecule has 0 spiro atoms. The zero-order valence-corrected chi connectivity index (χ0v) is 11.8. The largest absolute Gasteiger partial charge is 0.466 e. The molecule has 7 heteroatoms. The molecular formula is C11H20N2O4S. The van der Waals surface area contributed by atoms with Gasteiger partial charge in [0.1, 0.15) is 0 Å². The molecule has 0 aromatic heterocycles. The highest BCUT2D eigenvalue weighted by molar-refractivity contribution is 7.99. The predicted octanol–water partition coefficient (Wildman–Crippen LogP) is 1.79. The number of nitrogens with one attached hydrogen (secondary N) is 1. The summed E-state index contributed by atoms with van der Waals surface area (Å²) in [6.07, 6.45) is -0.176. The zero-order chi connectivity index (χ0) is 13.8. The Kier molecular flexibility index (Phi) is 10.1. The van der Waals surface area contributed by atoms with Gasteiger partial charge >= 0.3 is 12.1 Å². The van der Waals surface area contributed by atoms with E-state index in [0.717, 1.165) is 5.71 Å². The Bertz CT molecular complexity index is 295. The minimum atomic E-state index is -0.562. The molecule has 0 aliphatic rings. The van der Waals surface area contributed by atoms with Crippen molar-refractivity contribution < 1.29 is 19.1 Å². The molecule has 0 saturated heterocycles. The van der Waals surface area contributed by atoms with Crippen molar-refractivity contribution in [3.05, 3.63) is 0 Å². The summed E-state index contributed by atoms with van der Waals surface area (Å²) in [4.78, 5) is 22.0. The van der Waals surface area contributed by atoms with Gasteiger partial charge in [-0.2, -0.15) is 16.9 Å². The van der Waals surface area contributed by atoms with Crippen molar-refractivity contribution in [2.24, 2.45) is 5.10 Å². The molecule has 0 atom stereocenters. The van der Waals surface area contributed by atoms with Crippen molar-refractivity contribution in [2.45, 2.75) is 27.2 Å². The number of thioether (sulfide) groups is 1. The highest BCUT2D eigenvalue weighted by Gasteiger charge is 2.02. The van der Waals surface area contributed by atoms with Gasteiger partial charge in [-0.3, -0.25) is 4.79 Å². The molecule has 0 heterocycles. The number of carbonyl (C=O) groups excluding carboxylic acids is 2. The lowest BCUT2D eigenvalue weighted by Crippen LogP contribution is -2.20. The Hall–Kier alpha value is -1.24. The minimum absolute atomic E-state index is 0.191. The van der Waals surface area contributed by atoms with Crippen molar-refractivity contribution in [1.82, 2.24) is 5.43 Å². The van der Waals surface area contributed by atoms with Crippen LogP contribution in [0, 0.1) is 0 Å². The highest BCUT2D eigenvalue weighted by Crippen LogP contribution is 2.04. The number of esters is 1. The number of hydrogen-bond acceptors (Lipinski definition) is 6. The van der Waals surface area contributed by atoms with Crippen molar-refractivity contribution in [1.29, 1.82) is 0 Å². The van der Waals surface area contributed by atoms with Crippen LogP contribution < -0.4 is 5.43 Å². The molecule has 6 nitrogen and oxygen atoms in total. The summed E-state index contributed by atoms with van der Waals surface area (Å²) in [5.74, 6) is 1.13. The third-order valence-electron chi connectivity index (χ3n) is 1.68. The zero-order valence-electron chi connectivity index (χ0n) is 11.0. The van der Waals surface area contributed by atoms with E-state index in [0.29, 0.717) is 31.1 Å². The first-order chi connectivity index (χ1) is 8.60. The summed E-state index contributed by atoms with van der Waals surface area (Å²) in [6.45, 7) is 6.02. The second kappa shape index (κ2) is 10.9. The standard InChI is InChI=1S/C11H20N2O4S/c1-4-16-10(14)6-7-18-8-9(3)12-13-11(15)17-5-2/h4-8H2,1-3H3,(H,13,15). The summed E-state index contributed by atoms with van der Waals surface area (Å²) >= 11 is 1.56. The van der Waals surface area contributed by atoms with E-state index in [4.69, 9.17) is 4.74 Å². The number of amides is 1. The van der Waals surface area contributed by atoms with Gasteiger partial charge in [0.05, 0.1) is 19.6 Å². The van der Waals surface area contributed by atoms with Gasteiger partial charge < -0.3 is 9.47 Å². The first-order valence-corrected chi connectivity index (χ1v) is 6.94. The molecular weight excluding hydrogens is 256 g/mol. The topological polar surface area (TPSA) is 77.0 Å². The summed E-state index contributed by atoms with van der Waals surface area (Å²) in [6, 6.07) is 0. The lowest BCUT2D eigenvalue weighted by Gasteiger charge is -2.03. The molecule has 0 aromatic carbocycles. The molecule has 1 amide bonds. The van der Waals surface area contributed by atoms with Gasteiger partial charge in [-0.05, 0) is 20.8 Å². The average molecular weight is 276 g/mol. The van der Waals surface area contributed by atoms with Crippen LogP contribution in [0.2, 0.25) is 0 Å². The number of rotatable bonds is 8. The molecule has 0 rings (SSSR count). The molecule has 0 aromatic rings. The second-order valence-corrected chi connectivity index (χ2v) is 4.39. The van der Waals surface area contributed by atoms with E-state index >= 15 is 0 Å². The van der Waals surface area contributed by atoms with Crippen LogP contribution in [0.15, 0.2) is 5.10 Å². The lowest BCUT2D eigenvalue weighted by molar-refractivity contribution is -0.142. The first-order valence-electron chi connectivity index (χ1n) is 5.79. The van der Waals surface area contributed by atoms with E-state index in [9.17, 15) is 9.59 Å². The molecule has 104 valence electrons. The van der Waals surface area contributed by atoms with Crippen molar-refractivity contribution in [3.8, 4) is 0 Å². The van der Waals surface area contributed by atoms with E-state index in [1.54, 1.807) is 32.5 Å². The van der Waals surface area contributed by atoms with Crippen LogP contribution in [-0.2, 0) is 14.3 Å². The Morgan fingerprint density at radius 1 is 1.22 bits per heavy atom. The number of hydrogen-bond donors (Lipinski definition) is 1. The maximum absolute atomic E-state index is 11.0. The number of nitrogens with zero attached hydrogens (tertiary/aromatic N) is 1. The van der Waals surface area contributed by atoms with Crippen LogP contribution in [-0.4, -0.2) is 42.5 Å². The van der Waals surface area contributed by atoms with E-state index in [1.807, 2.05) is 0 Å². The highest BCUT2D eigenvalue weighted by atomic mass is 32.2. The SMILES string of the molecule is CCOC(=O)CCSCC(C)=NNC(=O)OCC. The van der Waals surface area contributed by atoms with Crippen LogP contribution in [0.25, 0.3) is 0 Å². The molecule has 0 fully saturated rings. The van der Waals surface area contributed by atoms with Gasteiger partial charge in [-0.1, -0.05) is 0 Å². The summed E-state index contributed by atoms with van der Waals surface area (Å²) in [5.41, 5.74) is 3.04. The van der Waals surface area contributed by atoms with Crippen molar-refractivity contribution in [3.63, 3.8) is 0 Å². The fraction of sp³-hybridized carbons (Fsp3) is 0.727. The van der Waals surface area contributed by atoms with E-state index in [-0.39, 0.29) is 5.97 Å². The molecule has 1 N–H and O–H groups in total. The minimum Gasteiger partial charge on any atom is -0.466 e. The first kappa shape index (κ1) is 16.8. The third-order valence-corrected chi connectivity index (χ3v) is 2.79. The fourth-order valence-electron chi connectivity index (χ4n) is 0.945. The van der Waals surface area contributed by atoms with Gasteiger partial charge in [0.15, 0.2) is 0 Å². The van der Waals surface area contributed by atoms with E-state index in [1.165, 1.54) is 0 Å². The van der Waals surface area contributed by atoms with Crippen LogP contribution >= 0.6 is 11.8 Å². The molecule has 18 heavy (non-hydrogen) atoms. The normalized spacial score (nSPS) is 10.9.